The van der Waals surface area contributed by atoms with E-state index in [9.17, 15) is 0 Å². The summed E-state index contributed by atoms with van der Waals surface area (Å²) in [6.45, 7) is 0. The lowest BCUT2D eigenvalue weighted by molar-refractivity contribution is 0.669. The number of fused-ring (bicyclic) bond motifs is 6. The maximum atomic E-state index is 6.74. The molecule has 0 aliphatic rings. The average molecular weight is 658 g/mol. The normalized spacial score (nSPS) is 11.6. The van der Waals surface area contributed by atoms with Crippen LogP contribution in [0.1, 0.15) is 0 Å². The van der Waals surface area contributed by atoms with Gasteiger partial charge in [-0.15, -0.1) is 11.3 Å². The van der Waals surface area contributed by atoms with Crippen molar-refractivity contribution in [3.63, 3.8) is 0 Å². The van der Waals surface area contributed by atoms with Crippen LogP contribution in [0.5, 0.6) is 0 Å². The molecule has 5 heteroatoms. The first-order chi connectivity index (χ1) is 24.8. The Morgan fingerprint density at radius 2 is 1.00 bits per heavy atom. The Kier molecular flexibility index (Phi) is 6.64. The molecule has 0 unspecified atom stereocenters. The fourth-order valence-corrected chi connectivity index (χ4v) is 8.12. The van der Waals surface area contributed by atoms with Gasteiger partial charge in [-0.25, -0.2) is 15.0 Å². The van der Waals surface area contributed by atoms with Crippen molar-refractivity contribution in [3.8, 4) is 56.4 Å². The number of benzene rings is 7. The van der Waals surface area contributed by atoms with Gasteiger partial charge in [0.2, 0.25) is 0 Å². The van der Waals surface area contributed by atoms with E-state index in [2.05, 4.69) is 97.1 Å². The molecular formula is C45H27N3OS. The van der Waals surface area contributed by atoms with Gasteiger partial charge in [0.25, 0.3) is 0 Å². The summed E-state index contributed by atoms with van der Waals surface area (Å²) in [5.41, 5.74) is 8.98. The molecule has 3 heterocycles. The number of nitrogens with zero attached hydrogens (tertiary/aromatic N) is 3. The molecule has 0 radical (unpaired) electrons. The Bertz CT molecular complexity index is 2800. The number of thiophene rings is 1. The molecule has 0 fully saturated rings. The van der Waals surface area contributed by atoms with Gasteiger partial charge in [-0.3, -0.25) is 0 Å². The predicted molar refractivity (Wildman–Crippen MR) is 207 cm³/mol. The van der Waals surface area contributed by atoms with Gasteiger partial charge in [-0.1, -0.05) is 127 Å². The van der Waals surface area contributed by atoms with Gasteiger partial charge in [0, 0.05) is 42.1 Å². The molecule has 0 aliphatic heterocycles. The van der Waals surface area contributed by atoms with Crippen LogP contribution in [0.15, 0.2) is 168 Å². The van der Waals surface area contributed by atoms with Gasteiger partial charge >= 0.3 is 0 Å². The van der Waals surface area contributed by atoms with Crippen LogP contribution < -0.4 is 0 Å². The van der Waals surface area contributed by atoms with Crippen molar-refractivity contribution in [2.45, 2.75) is 0 Å². The second-order valence-corrected chi connectivity index (χ2v) is 13.5. The molecule has 0 saturated heterocycles. The zero-order valence-electron chi connectivity index (χ0n) is 26.7. The van der Waals surface area contributed by atoms with Gasteiger partial charge in [0.05, 0.1) is 5.56 Å². The summed E-state index contributed by atoms with van der Waals surface area (Å²) in [4.78, 5) is 14.9. The summed E-state index contributed by atoms with van der Waals surface area (Å²) in [5.74, 6) is 1.82. The fourth-order valence-electron chi connectivity index (χ4n) is 6.95. The van der Waals surface area contributed by atoms with E-state index >= 15 is 0 Å². The molecule has 3 aromatic heterocycles. The van der Waals surface area contributed by atoms with Crippen molar-refractivity contribution >= 4 is 53.4 Å². The summed E-state index contributed by atoms with van der Waals surface area (Å²) >= 11 is 1.84. The minimum absolute atomic E-state index is 0.574. The lowest BCUT2D eigenvalue weighted by atomic mass is 9.94. The van der Waals surface area contributed by atoms with E-state index in [0.29, 0.717) is 17.5 Å². The summed E-state index contributed by atoms with van der Waals surface area (Å²) in [7, 11) is 0. The smallest absolute Gasteiger partial charge is 0.167 e. The fraction of sp³-hybridized carbons (Fsp3) is 0. The van der Waals surface area contributed by atoms with Crippen LogP contribution in [0, 0.1) is 0 Å². The van der Waals surface area contributed by atoms with E-state index in [4.69, 9.17) is 19.4 Å². The minimum Gasteiger partial charge on any atom is -0.455 e. The number of aromatic nitrogens is 3. The lowest BCUT2D eigenvalue weighted by Gasteiger charge is -2.09. The largest absolute Gasteiger partial charge is 0.455 e. The molecule has 0 saturated carbocycles. The van der Waals surface area contributed by atoms with Crippen molar-refractivity contribution in [3.05, 3.63) is 164 Å². The van der Waals surface area contributed by atoms with Crippen molar-refractivity contribution in [1.29, 1.82) is 0 Å². The molecule has 0 spiro atoms. The van der Waals surface area contributed by atoms with Crippen LogP contribution in [0.3, 0.4) is 0 Å². The molecule has 0 N–H and O–H groups in total. The van der Waals surface area contributed by atoms with Crippen molar-refractivity contribution in [2.75, 3.05) is 0 Å². The molecule has 50 heavy (non-hydrogen) atoms. The Labute approximate surface area is 292 Å². The molecule has 10 aromatic rings. The summed E-state index contributed by atoms with van der Waals surface area (Å²) in [5, 5.41) is 4.67. The molecule has 0 aliphatic carbocycles. The van der Waals surface area contributed by atoms with Gasteiger partial charge < -0.3 is 4.42 Å². The first-order valence-electron chi connectivity index (χ1n) is 16.6. The molecule has 0 bridgehead atoms. The zero-order chi connectivity index (χ0) is 33.0. The van der Waals surface area contributed by atoms with E-state index in [-0.39, 0.29) is 0 Å². The summed E-state index contributed by atoms with van der Waals surface area (Å²) in [6.07, 6.45) is 0. The van der Waals surface area contributed by atoms with E-state index in [0.717, 1.165) is 49.8 Å². The van der Waals surface area contributed by atoms with Crippen molar-refractivity contribution < 1.29 is 4.42 Å². The highest BCUT2D eigenvalue weighted by molar-refractivity contribution is 7.26. The summed E-state index contributed by atoms with van der Waals surface area (Å²) < 4.78 is 9.31. The molecule has 0 atom stereocenters. The van der Waals surface area contributed by atoms with E-state index in [1.165, 1.54) is 31.3 Å². The third kappa shape index (κ3) is 4.79. The van der Waals surface area contributed by atoms with Crippen LogP contribution in [-0.4, -0.2) is 15.0 Å². The highest BCUT2D eigenvalue weighted by Crippen LogP contribution is 2.44. The molecular weight excluding hydrogens is 631 g/mol. The Morgan fingerprint density at radius 3 is 1.72 bits per heavy atom. The van der Waals surface area contributed by atoms with E-state index in [1.54, 1.807) is 0 Å². The molecule has 10 rings (SSSR count). The van der Waals surface area contributed by atoms with E-state index in [1.807, 2.05) is 78.1 Å². The number of para-hydroxylation sites is 1. The van der Waals surface area contributed by atoms with Gasteiger partial charge in [0.1, 0.15) is 11.2 Å². The second kappa shape index (κ2) is 11.6. The quantitative estimate of drug-likeness (QED) is 0.185. The van der Waals surface area contributed by atoms with Crippen LogP contribution >= 0.6 is 11.3 Å². The molecule has 0 amide bonds. The monoisotopic (exact) mass is 657 g/mol. The summed E-state index contributed by atoms with van der Waals surface area (Å²) in [6, 6.07) is 56.9. The van der Waals surface area contributed by atoms with Crippen LogP contribution in [0.2, 0.25) is 0 Å². The maximum Gasteiger partial charge on any atom is 0.167 e. The number of furan rings is 1. The Hall–Kier alpha value is -6.43. The lowest BCUT2D eigenvalue weighted by Crippen LogP contribution is -2.00. The van der Waals surface area contributed by atoms with E-state index < -0.39 is 0 Å². The second-order valence-electron chi connectivity index (χ2n) is 12.4. The first kappa shape index (κ1) is 28.6. The third-order valence-corrected chi connectivity index (χ3v) is 10.5. The van der Waals surface area contributed by atoms with Crippen LogP contribution in [0.25, 0.3) is 98.5 Å². The Balaban J connectivity index is 1.15. The topological polar surface area (TPSA) is 51.8 Å². The molecule has 4 nitrogen and oxygen atoms in total. The first-order valence-corrected chi connectivity index (χ1v) is 17.4. The average Bonchev–Trinajstić information content (AvgIpc) is 3.76. The van der Waals surface area contributed by atoms with Gasteiger partial charge in [0.15, 0.2) is 17.5 Å². The third-order valence-electron chi connectivity index (χ3n) is 9.34. The van der Waals surface area contributed by atoms with Gasteiger partial charge in [-0.2, -0.15) is 0 Å². The zero-order valence-corrected chi connectivity index (χ0v) is 27.6. The van der Waals surface area contributed by atoms with Crippen molar-refractivity contribution in [2.24, 2.45) is 0 Å². The van der Waals surface area contributed by atoms with Crippen LogP contribution in [0.4, 0.5) is 0 Å². The minimum atomic E-state index is 0.574. The Morgan fingerprint density at radius 1 is 0.380 bits per heavy atom. The highest BCUT2D eigenvalue weighted by Gasteiger charge is 2.19. The number of hydrogen-bond acceptors (Lipinski definition) is 5. The molecule has 234 valence electrons. The van der Waals surface area contributed by atoms with Crippen LogP contribution in [-0.2, 0) is 0 Å². The molecule has 7 aromatic carbocycles. The SMILES string of the molecule is c1ccc(-c2nc(-c3ccccc3)nc(-c3cccc4c3oc3cc(-c5cc(-c6ccccc6)c6c(c5)sc5ccccc56)ccc34)n2)cc1. The van der Waals surface area contributed by atoms with Crippen molar-refractivity contribution in [1.82, 2.24) is 15.0 Å². The number of hydrogen-bond donors (Lipinski definition) is 0. The standard InChI is InChI=1S/C45H27N3OS/c1-4-13-28(14-5-1)37-25-32(27-40-41(37)35-19-10-11-22-39(35)50-40)31-23-24-33-34-20-12-21-36(42(34)49-38(33)26-31)45-47-43(29-15-6-2-7-16-29)46-44(48-45)30-17-8-3-9-18-30/h1-27H. The number of rotatable bonds is 5. The highest BCUT2D eigenvalue weighted by atomic mass is 32.1. The van der Waals surface area contributed by atoms with Gasteiger partial charge in [-0.05, 0) is 58.7 Å². The maximum absolute atomic E-state index is 6.74. The predicted octanol–water partition coefficient (Wildman–Crippen LogP) is 12.5.